The number of halogens is 1. The number of aryl methyl sites for hydroxylation is 1. The Bertz CT molecular complexity index is 538. The zero-order chi connectivity index (χ0) is 11.8. The normalized spacial score (nSPS) is 17.8. The number of nitrogens with zero attached hydrogens (tertiary/aromatic N) is 2. The number of benzene rings is 1. The van der Waals surface area contributed by atoms with E-state index in [4.69, 9.17) is 0 Å². The van der Waals surface area contributed by atoms with E-state index in [0.717, 1.165) is 5.52 Å². The molecule has 0 N–H and O–H groups in total. The number of fused-ring (bicyclic) bond motifs is 1. The van der Waals surface area contributed by atoms with Gasteiger partial charge in [-0.15, -0.1) is 0 Å². The molecule has 1 saturated carbocycles. The van der Waals surface area contributed by atoms with Gasteiger partial charge in [0.25, 0.3) is 0 Å². The molecule has 0 spiro atoms. The van der Waals surface area contributed by atoms with Crippen molar-refractivity contribution in [2.45, 2.75) is 38.0 Å². The van der Waals surface area contributed by atoms with Crippen LogP contribution in [0.4, 0.5) is 0 Å². The number of hydrogen-bond donors (Lipinski definition) is 0. The van der Waals surface area contributed by atoms with Crippen LogP contribution >= 0.6 is 15.9 Å². The lowest BCUT2D eigenvalue weighted by molar-refractivity contribution is 0.426. The van der Waals surface area contributed by atoms with Gasteiger partial charge >= 0.3 is 0 Å². The zero-order valence-electron chi connectivity index (χ0n) is 10.1. The summed E-state index contributed by atoms with van der Waals surface area (Å²) in [5.41, 5.74) is 2.54. The molecule has 1 aliphatic carbocycles. The molecule has 1 aromatic carbocycles. The van der Waals surface area contributed by atoms with Gasteiger partial charge in [-0.3, -0.25) is 4.68 Å². The molecule has 1 aliphatic rings. The van der Waals surface area contributed by atoms with Crippen LogP contribution in [-0.4, -0.2) is 9.78 Å². The van der Waals surface area contributed by atoms with Crippen molar-refractivity contribution in [3.63, 3.8) is 0 Å². The lowest BCUT2D eigenvalue weighted by Gasteiger charge is -2.22. The molecule has 1 fully saturated rings. The van der Waals surface area contributed by atoms with E-state index in [9.17, 15) is 0 Å². The molecule has 0 amide bonds. The maximum absolute atomic E-state index is 4.64. The third-order valence-electron chi connectivity index (χ3n) is 3.85. The standard InChI is InChI=1S/C14H17BrN2/c1-17-14(10-6-3-2-4-7-10)13-11(15)8-5-9-12(13)16-17/h5,8-10H,2-4,6-7H2,1H3. The van der Waals surface area contributed by atoms with E-state index in [0.29, 0.717) is 5.92 Å². The number of rotatable bonds is 1. The largest absolute Gasteiger partial charge is 0.271 e. The Balaban J connectivity index is 2.16. The van der Waals surface area contributed by atoms with Crippen molar-refractivity contribution < 1.29 is 0 Å². The van der Waals surface area contributed by atoms with Crippen LogP contribution in [0.1, 0.15) is 43.7 Å². The minimum atomic E-state index is 0.692. The van der Waals surface area contributed by atoms with Crippen molar-refractivity contribution in [3.05, 3.63) is 28.4 Å². The van der Waals surface area contributed by atoms with Gasteiger partial charge in [-0.05, 0) is 25.0 Å². The molecule has 2 nitrogen and oxygen atoms in total. The predicted molar refractivity (Wildman–Crippen MR) is 74.2 cm³/mol. The summed E-state index contributed by atoms with van der Waals surface area (Å²) in [6.07, 6.45) is 6.75. The van der Waals surface area contributed by atoms with Gasteiger partial charge in [0, 0.05) is 22.8 Å². The summed E-state index contributed by atoms with van der Waals surface area (Å²) in [5, 5.41) is 5.96. The van der Waals surface area contributed by atoms with Gasteiger partial charge in [-0.1, -0.05) is 41.3 Å². The minimum absolute atomic E-state index is 0.692. The Morgan fingerprint density at radius 1 is 1.24 bits per heavy atom. The van der Waals surface area contributed by atoms with Gasteiger partial charge in [0.1, 0.15) is 0 Å². The first-order chi connectivity index (χ1) is 8.27. The average Bonchev–Trinajstić information content (AvgIpc) is 2.68. The smallest absolute Gasteiger partial charge is 0.0937 e. The monoisotopic (exact) mass is 292 g/mol. The first-order valence-corrected chi connectivity index (χ1v) is 7.18. The maximum Gasteiger partial charge on any atom is 0.0937 e. The van der Waals surface area contributed by atoms with Crippen LogP contribution < -0.4 is 0 Å². The third kappa shape index (κ3) is 1.90. The highest BCUT2D eigenvalue weighted by atomic mass is 79.9. The molecule has 2 aromatic rings. The lowest BCUT2D eigenvalue weighted by atomic mass is 9.85. The topological polar surface area (TPSA) is 17.8 Å². The predicted octanol–water partition coefficient (Wildman–Crippen LogP) is 4.38. The van der Waals surface area contributed by atoms with Crippen LogP contribution in [0, 0.1) is 0 Å². The van der Waals surface area contributed by atoms with E-state index in [-0.39, 0.29) is 0 Å². The number of aromatic nitrogens is 2. The van der Waals surface area contributed by atoms with Gasteiger partial charge in [0.05, 0.1) is 11.2 Å². The van der Waals surface area contributed by atoms with E-state index in [1.807, 2.05) is 0 Å². The summed E-state index contributed by atoms with van der Waals surface area (Å²) >= 11 is 3.67. The van der Waals surface area contributed by atoms with Crippen molar-refractivity contribution in [1.82, 2.24) is 9.78 Å². The van der Waals surface area contributed by atoms with Crippen LogP contribution in [0.15, 0.2) is 22.7 Å². The van der Waals surface area contributed by atoms with Gasteiger partial charge in [-0.25, -0.2) is 0 Å². The Morgan fingerprint density at radius 2 is 2.00 bits per heavy atom. The van der Waals surface area contributed by atoms with E-state index in [2.05, 4.69) is 51.0 Å². The molecule has 0 aliphatic heterocycles. The molecule has 0 radical (unpaired) electrons. The van der Waals surface area contributed by atoms with Crippen molar-refractivity contribution in [2.75, 3.05) is 0 Å². The van der Waals surface area contributed by atoms with Crippen LogP contribution in [-0.2, 0) is 7.05 Å². The van der Waals surface area contributed by atoms with Gasteiger partial charge in [-0.2, -0.15) is 5.10 Å². The molecule has 3 rings (SSSR count). The van der Waals surface area contributed by atoms with Crippen molar-refractivity contribution >= 4 is 26.8 Å². The molecule has 3 heteroatoms. The second kappa shape index (κ2) is 4.45. The molecule has 90 valence electrons. The summed E-state index contributed by atoms with van der Waals surface area (Å²) in [7, 11) is 2.08. The minimum Gasteiger partial charge on any atom is -0.271 e. The van der Waals surface area contributed by atoms with Crippen LogP contribution in [0.25, 0.3) is 10.9 Å². The second-order valence-corrected chi connectivity index (χ2v) is 5.83. The zero-order valence-corrected chi connectivity index (χ0v) is 11.7. The Hall–Kier alpha value is -0.830. The highest BCUT2D eigenvalue weighted by molar-refractivity contribution is 9.10. The van der Waals surface area contributed by atoms with Crippen molar-refractivity contribution in [3.8, 4) is 0 Å². The first-order valence-electron chi connectivity index (χ1n) is 6.38. The fourth-order valence-electron chi connectivity index (χ4n) is 3.07. The van der Waals surface area contributed by atoms with Gasteiger partial charge < -0.3 is 0 Å². The quantitative estimate of drug-likeness (QED) is 0.762. The number of hydrogen-bond acceptors (Lipinski definition) is 1. The van der Waals surface area contributed by atoms with E-state index in [1.54, 1.807) is 0 Å². The molecule has 1 aromatic heterocycles. The van der Waals surface area contributed by atoms with E-state index >= 15 is 0 Å². The summed E-state index contributed by atoms with van der Waals surface area (Å²) in [5.74, 6) is 0.692. The Kier molecular flexibility index (Phi) is 2.95. The van der Waals surface area contributed by atoms with E-state index in [1.165, 1.54) is 47.7 Å². The molecule has 1 heterocycles. The molecule has 0 saturated heterocycles. The fraction of sp³-hybridized carbons (Fsp3) is 0.500. The Labute approximate surface area is 110 Å². The molecule has 0 atom stereocenters. The molecular formula is C14H17BrN2. The van der Waals surface area contributed by atoms with Crippen molar-refractivity contribution in [1.29, 1.82) is 0 Å². The summed E-state index contributed by atoms with van der Waals surface area (Å²) in [6.45, 7) is 0. The maximum atomic E-state index is 4.64. The highest BCUT2D eigenvalue weighted by Crippen LogP contribution is 2.38. The van der Waals surface area contributed by atoms with Gasteiger partial charge in [0.15, 0.2) is 0 Å². The first kappa shape index (κ1) is 11.3. The summed E-state index contributed by atoms with van der Waals surface area (Å²) in [4.78, 5) is 0. The Morgan fingerprint density at radius 3 is 2.76 bits per heavy atom. The molecular weight excluding hydrogens is 276 g/mol. The molecule has 0 unspecified atom stereocenters. The van der Waals surface area contributed by atoms with Crippen molar-refractivity contribution in [2.24, 2.45) is 7.05 Å². The van der Waals surface area contributed by atoms with Crippen LogP contribution in [0.3, 0.4) is 0 Å². The second-order valence-electron chi connectivity index (χ2n) is 4.98. The fourth-order valence-corrected chi connectivity index (χ4v) is 3.63. The highest BCUT2D eigenvalue weighted by Gasteiger charge is 2.22. The van der Waals surface area contributed by atoms with Gasteiger partial charge in [0.2, 0.25) is 0 Å². The summed E-state index contributed by atoms with van der Waals surface area (Å²) in [6, 6.07) is 6.28. The summed E-state index contributed by atoms with van der Waals surface area (Å²) < 4.78 is 3.27. The average molecular weight is 293 g/mol. The lowest BCUT2D eigenvalue weighted by Crippen LogP contribution is -2.09. The van der Waals surface area contributed by atoms with Crippen LogP contribution in [0.2, 0.25) is 0 Å². The van der Waals surface area contributed by atoms with E-state index < -0.39 is 0 Å². The van der Waals surface area contributed by atoms with Crippen LogP contribution in [0.5, 0.6) is 0 Å². The SMILES string of the molecule is Cn1nc2cccc(Br)c2c1C1CCCCC1. The third-order valence-corrected chi connectivity index (χ3v) is 4.51. The molecule has 0 bridgehead atoms. The molecule has 17 heavy (non-hydrogen) atoms.